The Kier molecular flexibility index (Phi) is 7.61. The molecular formula is C22H29N3O4S. The predicted octanol–water partition coefficient (Wildman–Crippen LogP) is 3.24. The summed E-state index contributed by atoms with van der Waals surface area (Å²) in [4.78, 5) is 25.4. The summed E-state index contributed by atoms with van der Waals surface area (Å²) in [6, 6.07) is 11.0. The molecule has 0 aromatic heterocycles. The highest BCUT2D eigenvalue weighted by Crippen LogP contribution is 2.25. The van der Waals surface area contributed by atoms with Crippen molar-refractivity contribution in [2.24, 2.45) is 0 Å². The number of amides is 2. The van der Waals surface area contributed by atoms with E-state index >= 15 is 0 Å². The van der Waals surface area contributed by atoms with E-state index in [9.17, 15) is 18.0 Å². The number of hydrogen-bond acceptors (Lipinski definition) is 4. The van der Waals surface area contributed by atoms with E-state index in [4.69, 9.17) is 0 Å². The van der Waals surface area contributed by atoms with Gasteiger partial charge in [0.15, 0.2) is 0 Å². The Hall–Kier alpha value is -2.87. The molecule has 0 saturated heterocycles. The fourth-order valence-corrected chi connectivity index (χ4v) is 4.41. The van der Waals surface area contributed by atoms with Gasteiger partial charge in [-0.05, 0) is 62.6 Å². The van der Waals surface area contributed by atoms with E-state index in [-0.39, 0.29) is 5.91 Å². The Morgan fingerprint density at radius 1 is 1.07 bits per heavy atom. The van der Waals surface area contributed by atoms with Crippen LogP contribution in [0, 0.1) is 13.8 Å². The lowest BCUT2D eigenvalue weighted by molar-refractivity contribution is -0.116. The number of hydrogen-bond donors (Lipinski definition) is 2. The Labute approximate surface area is 178 Å². The molecular weight excluding hydrogens is 402 g/mol. The van der Waals surface area contributed by atoms with Gasteiger partial charge in [0, 0.05) is 6.54 Å². The lowest BCUT2D eigenvalue weighted by atomic mass is 10.1. The highest BCUT2D eigenvalue weighted by atomic mass is 32.2. The number of sulfonamides is 1. The molecule has 8 heteroatoms. The van der Waals surface area contributed by atoms with E-state index in [1.807, 2.05) is 26.8 Å². The summed E-state index contributed by atoms with van der Waals surface area (Å²) in [6.45, 7) is 7.72. The Bertz CT molecular complexity index is 1010. The van der Waals surface area contributed by atoms with Crippen LogP contribution in [0.2, 0.25) is 0 Å². The van der Waals surface area contributed by atoms with Gasteiger partial charge < -0.3 is 10.6 Å². The van der Waals surface area contributed by atoms with Crippen molar-refractivity contribution in [3.05, 3.63) is 59.2 Å². The number of nitrogens with one attached hydrogen (secondary N) is 2. The standard InChI is InChI=1S/C22H29N3O4S/c1-6-11-23-22(27)19-9-7-8-10-20(19)24-21(26)17(4)25(30(5,28)29)18-13-15(2)12-16(3)14-18/h7-10,12-14,17H,6,11H2,1-5H3,(H,23,27)(H,24,26)/t17-/m1/s1. The molecule has 0 heterocycles. The molecule has 0 aliphatic carbocycles. The molecule has 162 valence electrons. The Morgan fingerprint density at radius 3 is 2.23 bits per heavy atom. The molecule has 2 amide bonds. The van der Waals surface area contributed by atoms with Crippen molar-refractivity contribution < 1.29 is 18.0 Å². The van der Waals surface area contributed by atoms with Gasteiger partial charge in [-0.25, -0.2) is 8.42 Å². The van der Waals surface area contributed by atoms with Gasteiger partial charge in [-0.15, -0.1) is 0 Å². The van der Waals surface area contributed by atoms with Gasteiger partial charge in [0.2, 0.25) is 15.9 Å². The van der Waals surface area contributed by atoms with Crippen molar-refractivity contribution >= 4 is 33.2 Å². The zero-order valence-corrected chi connectivity index (χ0v) is 18.8. The summed E-state index contributed by atoms with van der Waals surface area (Å²) < 4.78 is 26.2. The molecule has 0 radical (unpaired) electrons. The smallest absolute Gasteiger partial charge is 0.253 e. The minimum absolute atomic E-state index is 0.297. The number of para-hydroxylation sites is 1. The first-order valence-electron chi connectivity index (χ1n) is 9.80. The van der Waals surface area contributed by atoms with E-state index in [0.29, 0.717) is 23.5 Å². The van der Waals surface area contributed by atoms with Crippen LogP contribution in [0.25, 0.3) is 0 Å². The van der Waals surface area contributed by atoms with Gasteiger partial charge in [-0.1, -0.05) is 25.1 Å². The minimum atomic E-state index is -3.73. The summed E-state index contributed by atoms with van der Waals surface area (Å²) in [5, 5.41) is 5.49. The monoisotopic (exact) mass is 431 g/mol. The van der Waals surface area contributed by atoms with Gasteiger partial charge in [0.1, 0.15) is 6.04 Å². The number of rotatable bonds is 8. The number of benzene rings is 2. The molecule has 2 aromatic rings. The van der Waals surface area contributed by atoms with E-state index in [2.05, 4.69) is 10.6 Å². The third-order valence-electron chi connectivity index (χ3n) is 4.51. The van der Waals surface area contributed by atoms with Crippen LogP contribution >= 0.6 is 0 Å². The minimum Gasteiger partial charge on any atom is -0.352 e. The van der Waals surface area contributed by atoms with E-state index in [1.165, 1.54) is 6.92 Å². The van der Waals surface area contributed by atoms with Gasteiger partial charge in [-0.3, -0.25) is 13.9 Å². The van der Waals surface area contributed by atoms with Crippen LogP contribution in [0.3, 0.4) is 0 Å². The van der Waals surface area contributed by atoms with Crippen LogP contribution in [0.4, 0.5) is 11.4 Å². The van der Waals surface area contributed by atoms with Crippen molar-refractivity contribution in [2.75, 3.05) is 22.4 Å². The molecule has 0 bridgehead atoms. The van der Waals surface area contributed by atoms with Crippen molar-refractivity contribution in [2.45, 2.75) is 40.2 Å². The third kappa shape index (κ3) is 5.82. The molecule has 0 saturated carbocycles. The fourth-order valence-electron chi connectivity index (χ4n) is 3.25. The molecule has 2 rings (SSSR count). The Balaban J connectivity index is 2.34. The average molecular weight is 432 g/mol. The first kappa shape index (κ1) is 23.4. The highest BCUT2D eigenvalue weighted by molar-refractivity contribution is 7.92. The topological polar surface area (TPSA) is 95.6 Å². The first-order valence-corrected chi connectivity index (χ1v) is 11.6. The maximum atomic E-state index is 13.0. The molecule has 0 aliphatic heterocycles. The van der Waals surface area contributed by atoms with Gasteiger partial charge in [0.05, 0.1) is 23.2 Å². The molecule has 0 fully saturated rings. The van der Waals surface area contributed by atoms with Gasteiger partial charge >= 0.3 is 0 Å². The van der Waals surface area contributed by atoms with Crippen LogP contribution in [0.5, 0.6) is 0 Å². The molecule has 2 N–H and O–H groups in total. The zero-order chi connectivity index (χ0) is 22.5. The van der Waals surface area contributed by atoms with Crippen LogP contribution < -0.4 is 14.9 Å². The van der Waals surface area contributed by atoms with Crippen molar-refractivity contribution in [1.82, 2.24) is 5.32 Å². The maximum absolute atomic E-state index is 13.0. The average Bonchev–Trinajstić information content (AvgIpc) is 2.64. The fraction of sp³-hybridized carbons (Fsp3) is 0.364. The number of carbonyl (C=O) groups is 2. The van der Waals surface area contributed by atoms with Crippen molar-refractivity contribution in [1.29, 1.82) is 0 Å². The SMILES string of the molecule is CCCNC(=O)c1ccccc1NC(=O)[C@@H](C)N(c1cc(C)cc(C)c1)S(C)(=O)=O. The van der Waals surface area contributed by atoms with Crippen molar-refractivity contribution in [3.8, 4) is 0 Å². The van der Waals surface area contributed by atoms with E-state index < -0.39 is 22.0 Å². The number of carbonyl (C=O) groups excluding carboxylic acids is 2. The van der Waals surface area contributed by atoms with Crippen LogP contribution in [0.1, 0.15) is 41.8 Å². The Morgan fingerprint density at radius 2 is 1.67 bits per heavy atom. The van der Waals surface area contributed by atoms with Gasteiger partial charge in [-0.2, -0.15) is 0 Å². The summed E-state index contributed by atoms with van der Waals surface area (Å²) in [6.07, 6.45) is 1.86. The van der Waals surface area contributed by atoms with Crippen LogP contribution in [-0.4, -0.2) is 39.1 Å². The number of anilines is 2. The molecule has 0 aliphatic rings. The summed E-state index contributed by atoms with van der Waals surface area (Å²) in [5.74, 6) is -0.829. The largest absolute Gasteiger partial charge is 0.352 e. The quantitative estimate of drug-likeness (QED) is 0.671. The molecule has 2 aromatic carbocycles. The van der Waals surface area contributed by atoms with Crippen LogP contribution in [-0.2, 0) is 14.8 Å². The van der Waals surface area contributed by atoms with E-state index in [0.717, 1.165) is 28.1 Å². The van der Waals surface area contributed by atoms with Crippen molar-refractivity contribution in [3.63, 3.8) is 0 Å². The highest BCUT2D eigenvalue weighted by Gasteiger charge is 2.30. The number of nitrogens with zero attached hydrogens (tertiary/aromatic N) is 1. The summed E-state index contributed by atoms with van der Waals surface area (Å²) in [5.41, 5.74) is 2.86. The van der Waals surface area contributed by atoms with Gasteiger partial charge in [0.25, 0.3) is 5.91 Å². The normalized spacial score (nSPS) is 12.2. The summed E-state index contributed by atoms with van der Waals surface area (Å²) in [7, 11) is -3.73. The molecule has 0 unspecified atom stereocenters. The third-order valence-corrected chi connectivity index (χ3v) is 5.76. The zero-order valence-electron chi connectivity index (χ0n) is 18.0. The molecule has 7 nitrogen and oxygen atoms in total. The second-order valence-electron chi connectivity index (χ2n) is 7.37. The lowest BCUT2D eigenvalue weighted by Gasteiger charge is -2.29. The second-order valence-corrected chi connectivity index (χ2v) is 9.23. The van der Waals surface area contributed by atoms with E-state index in [1.54, 1.807) is 36.4 Å². The van der Waals surface area contributed by atoms with Crippen LogP contribution in [0.15, 0.2) is 42.5 Å². The molecule has 30 heavy (non-hydrogen) atoms. The summed E-state index contributed by atoms with van der Waals surface area (Å²) >= 11 is 0. The number of aryl methyl sites for hydroxylation is 2. The predicted molar refractivity (Wildman–Crippen MR) is 120 cm³/mol. The molecule has 0 spiro atoms. The first-order chi connectivity index (χ1) is 14.0. The second kappa shape index (κ2) is 9.75. The maximum Gasteiger partial charge on any atom is 0.253 e. The lowest BCUT2D eigenvalue weighted by Crippen LogP contribution is -2.45. The molecule has 1 atom stereocenters.